The van der Waals surface area contributed by atoms with Crippen molar-refractivity contribution in [2.75, 3.05) is 41.5 Å². The first-order valence-corrected chi connectivity index (χ1v) is 9.64. The van der Waals surface area contributed by atoms with Crippen LogP contribution >= 0.6 is 0 Å². The summed E-state index contributed by atoms with van der Waals surface area (Å²) in [6, 6.07) is -0.253. The van der Waals surface area contributed by atoms with Crippen LogP contribution in [0.5, 0.6) is 0 Å². The number of ether oxygens (including phenoxy) is 7. The third kappa shape index (κ3) is 5.87. The van der Waals surface area contributed by atoms with Crippen LogP contribution < -0.4 is 0 Å². The van der Waals surface area contributed by atoms with E-state index in [2.05, 4.69) is 0 Å². The van der Waals surface area contributed by atoms with Crippen LogP contribution in [0.4, 0.5) is 0 Å². The lowest BCUT2D eigenvalue weighted by molar-refractivity contribution is -0.325. The molecule has 0 amide bonds. The van der Waals surface area contributed by atoms with Gasteiger partial charge >= 0.3 is 11.9 Å². The van der Waals surface area contributed by atoms with Crippen molar-refractivity contribution in [1.29, 1.82) is 0 Å². The van der Waals surface area contributed by atoms with Gasteiger partial charge in [0.1, 0.15) is 24.4 Å². The van der Waals surface area contributed by atoms with Gasteiger partial charge in [0, 0.05) is 28.1 Å². The van der Waals surface area contributed by atoms with Crippen molar-refractivity contribution in [3.8, 4) is 0 Å². The highest BCUT2D eigenvalue weighted by molar-refractivity contribution is 5.66. The molecular formula is C19H33NO9. The maximum Gasteiger partial charge on any atom is 0.303 e. The summed E-state index contributed by atoms with van der Waals surface area (Å²) in [5, 5.41) is 0. The molecule has 0 spiro atoms. The zero-order chi connectivity index (χ0) is 21.7. The third-order valence-corrected chi connectivity index (χ3v) is 5.12. The molecule has 2 rings (SSSR count). The second-order valence-electron chi connectivity index (χ2n) is 7.50. The van der Waals surface area contributed by atoms with Crippen molar-refractivity contribution in [3.05, 3.63) is 0 Å². The number of hydrogen-bond acceptors (Lipinski definition) is 10. The number of esters is 2. The largest absolute Gasteiger partial charge is 0.458 e. The monoisotopic (exact) mass is 419 g/mol. The minimum absolute atomic E-state index is 0.253. The van der Waals surface area contributed by atoms with Gasteiger partial charge in [-0.3, -0.25) is 9.59 Å². The minimum Gasteiger partial charge on any atom is -0.458 e. The molecule has 2 aliphatic rings. The molecule has 0 aromatic rings. The Labute approximate surface area is 171 Å². The molecule has 0 aromatic heterocycles. The second kappa shape index (κ2) is 10.6. The average molecular weight is 419 g/mol. The molecule has 2 fully saturated rings. The van der Waals surface area contributed by atoms with Gasteiger partial charge in [0.05, 0.1) is 25.4 Å². The lowest BCUT2D eigenvalue weighted by atomic mass is 9.98. The molecule has 8 atom stereocenters. The van der Waals surface area contributed by atoms with Gasteiger partial charge in [0.25, 0.3) is 0 Å². The number of rotatable bonds is 7. The highest BCUT2D eigenvalue weighted by Crippen LogP contribution is 2.30. The predicted octanol–water partition coefficient (Wildman–Crippen LogP) is -0.0298. The van der Waals surface area contributed by atoms with E-state index in [4.69, 9.17) is 33.2 Å². The molecule has 0 aliphatic carbocycles. The molecule has 0 unspecified atom stereocenters. The van der Waals surface area contributed by atoms with E-state index in [1.54, 1.807) is 0 Å². The van der Waals surface area contributed by atoms with Crippen molar-refractivity contribution in [1.82, 2.24) is 4.90 Å². The Morgan fingerprint density at radius 1 is 0.897 bits per heavy atom. The van der Waals surface area contributed by atoms with Gasteiger partial charge in [-0.2, -0.15) is 0 Å². The lowest BCUT2D eigenvalue weighted by Gasteiger charge is -2.47. The van der Waals surface area contributed by atoms with E-state index < -0.39 is 48.9 Å². The van der Waals surface area contributed by atoms with Gasteiger partial charge in [-0.1, -0.05) is 0 Å². The molecule has 29 heavy (non-hydrogen) atoms. The average Bonchev–Trinajstić information content (AvgIpc) is 2.61. The zero-order valence-corrected chi connectivity index (χ0v) is 18.2. The van der Waals surface area contributed by atoms with Crippen LogP contribution in [0.25, 0.3) is 0 Å². The number of nitrogens with zero attached hydrogens (tertiary/aromatic N) is 1. The predicted molar refractivity (Wildman–Crippen MR) is 100 cm³/mol. The number of methoxy groups -OCH3 is 2. The fourth-order valence-corrected chi connectivity index (χ4v) is 3.99. The van der Waals surface area contributed by atoms with E-state index in [0.29, 0.717) is 0 Å². The number of carbonyl (C=O) groups excluding carboxylic acids is 2. The summed E-state index contributed by atoms with van der Waals surface area (Å²) in [6.45, 7) is 5.07. The number of likely N-dealkylation sites (N-methyl/N-ethyl adjacent to an activating group) is 1. The highest BCUT2D eigenvalue weighted by atomic mass is 16.7. The van der Waals surface area contributed by atoms with Crippen LogP contribution in [0.1, 0.15) is 20.8 Å². The minimum atomic E-state index is -0.835. The normalized spacial score (nSPS) is 37.9. The molecule has 0 saturated carbocycles. The van der Waals surface area contributed by atoms with E-state index in [0.717, 1.165) is 0 Å². The Morgan fingerprint density at radius 3 is 2.00 bits per heavy atom. The first kappa shape index (κ1) is 24.0. The Morgan fingerprint density at radius 2 is 1.48 bits per heavy atom. The first-order chi connectivity index (χ1) is 13.7. The summed E-state index contributed by atoms with van der Waals surface area (Å²) in [7, 11) is 6.77. The molecule has 0 radical (unpaired) electrons. The third-order valence-electron chi connectivity index (χ3n) is 5.12. The van der Waals surface area contributed by atoms with Gasteiger partial charge < -0.3 is 38.1 Å². The molecule has 168 valence electrons. The Bertz CT molecular complexity index is 558. The van der Waals surface area contributed by atoms with Crippen molar-refractivity contribution < 1.29 is 42.7 Å². The molecule has 2 aliphatic heterocycles. The van der Waals surface area contributed by atoms with Crippen molar-refractivity contribution in [2.45, 2.75) is 69.7 Å². The standard InChI is InChI=1S/C19H33NO9/c1-10-16(23-6)17(28-12(3)22)18(24-7)19(26-10)29-14-9-25-8-13(27-11(2)21)15(14)20(4)5/h10,13-19H,8-9H2,1-7H3/t10-,13+,14-,15-,16-,17+,18-,19+/m1/s1. The first-order valence-electron chi connectivity index (χ1n) is 9.64. The lowest BCUT2D eigenvalue weighted by Crippen LogP contribution is -2.63. The number of carbonyl (C=O) groups is 2. The Hall–Kier alpha value is -1.30. The van der Waals surface area contributed by atoms with Gasteiger partial charge in [0.15, 0.2) is 12.4 Å². The molecule has 2 saturated heterocycles. The van der Waals surface area contributed by atoms with Crippen molar-refractivity contribution in [2.24, 2.45) is 0 Å². The smallest absolute Gasteiger partial charge is 0.303 e. The zero-order valence-electron chi connectivity index (χ0n) is 18.2. The fraction of sp³-hybridized carbons (Fsp3) is 0.895. The number of hydrogen-bond donors (Lipinski definition) is 0. The molecule has 10 heteroatoms. The molecule has 0 N–H and O–H groups in total. The van der Waals surface area contributed by atoms with E-state index >= 15 is 0 Å². The van der Waals surface area contributed by atoms with Gasteiger partial charge in [0.2, 0.25) is 0 Å². The fourth-order valence-electron chi connectivity index (χ4n) is 3.99. The Kier molecular flexibility index (Phi) is 8.80. The van der Waals surface area contributed by atoms with Crippen LogP contribution in [-0.4, -0.2) is 107 Å². The Balaban J connectivity index is 2.22. The van der Waals surface area contributed by atoms with E-state index in [-0.39, 0.29) is 25.2 Å². The van der Waals surface area contributed by atoms with Gasteiger partial charge in [-0.05, 0) is 21.0 Å². The van der Waals surface area contributed by atoms with Gasteiger partial charge in [-0.25, -0.2) is 0 Å². The maximum absolute atomic E-state index is 11.6. The van der Waals surface area contributed by atoms with Crippen LogP contribution in [0.3, 0.4) is 0 Å². The van der Waals surface area contributed by atoms with Crippen LogP contribution in [0, 0.1) is 0 Å². The van der Waals surface area contributed by atoms with Gasteiger partial charge in [-0.15, -0.1) is 0 Å². The quantitative estimate of drug-likeness (QED) is 0.523. The van der Waals surface area contributed by atoms with Crippen molar-refractivity contribution >= 4 is 11.9 Å². The molecule has 10 nitrogen and oxygen atoms in total. The maximum atomic E-state index is 11.6. The van der Waals surface area contributed by atoms with Crippen LogP contribution in [0.15, 0.2) is 0 Å². The van der Waals surface area contributed by atoms with Crippen molar-refractivity contribution in [3.63, 3.8) is 0 Å². The topological polar surface area (TPSA) is 102 Å². The van der Waals surface area contributed by atoms with E-state index in [9.17, 15) is 9.59 Å². The van der Waals surface area contributed by atoms with E-state index in [1.807, 2.05) is 25.9 Å². The van der Waals surface area contributed by atoms with E-state index in [1.165, 1.54) is 28.1 Å². The molecule has 2 heterocycles. The summed E-state index contributed by atoms with van der Waals surface area (Å²) in [6.07, 6.45) is -4.12. The van der Waals surface area contributed by atoms with Crippen LogP contribution in [0.2, 0.25) is 0 Å². The second-order valence-corrected chi connectivity index (χ2v) is 7.50. The van der Waals surface area contributed by atoms with Crippen LogP contribution in [-0.2, 0) is 42.7 Å². The SMILES string of the molecule is CO[C@H]1[C@H](O[C@@H]2COC[C@H](OC(C)=O)[C@H]2N(C)C)O[C@H](C)[C@@H](OC)[C@@H]1OC(C)=O. The molecular weight excluding hydrogens is 386 g/mol. The summed E-state index contributed by atoms with van der Waals surface area (Å²) >= 11 is 0. The summed E-state index contributed by atoms with van der Waals surface area (Å²) in [4.78, 5) is 25.1. The summed E-state index contributed by atoms with van der Waals surface area (Å²) in [5.74, 6) is -0.838. The summed E-state index contributed by atoms with van der Waals surface area (Å²) in [5.41, 5.74) is 0. The highest BCUT2D eigenvalue weighted by Gasteiger charge is 2.50. The summed E-state index contributed by atoms with van der Waals surface area (Å²) < 4.78 is 39.8. The molecule has 0 bridgehead atoms. The molecule has 0 aromatic carbocycles.